The Morgan fingerprint density at radius 2 is 2.06 bits per heavy atom. The van der Waals surface area contributed by atoms with Crippen LogP contribution in [0.3, 0.4) is 0 Å². The molecule has 0 unspecified atom stereocenters. The van der Waals surface area contributed by atoms with Gasteiger partial charge in [-0.2, -0.15) is 14.7 Å². The Kier molecular flexibility index (Phi) is 2.64. The first-order chi connectivity index (χ1) is 8.74. The fourth-order valence-corrected chi connectivity index (χ4v) is 2.48. The van der Waals surface area contributed by atoms with Gasteiger partial charge < -0.3 is 0 Å². The van der Waals surface area contributed by atoms with Gasteiger partial charge in [0.05, 0.1) is 0 Å². The lowest BCUT2D eigenvalue weighted by atomic mass is 10.2. The smallest absolute Gasteiger partial charge is 0.244 e. The Labute approximate surface area is 107 Å². The second-order valence-corrected chi connectivity index (χ2v) is 4.90. The third-order valence-corrected chi connectivity index (χ3v) is 3.66. The second kappa shape index (κ2) is 4.30. The molecule has 6 heteroatoms. The van der Waals surface area contributed by atoms with E-state index in [-0.39, 0.29) is 5.69 Å². The van der Waals surface area contributed by atoms with Crippen molar-refractivity contribution in [1.82, 2.24) is 19.8 Å². The largest absolute Gasteiger partial charge is 0.364 e. The van der Waals surface area contributed by atoms with E-state index in [1.807, 2.05) is 37.3 Å². The van der Waals surface area contributed by atoms with Crippen molar-refractivity contribution in [2.75, 3.05) is 0 Å². The molecule has 2 aromatic heterocycles. The molecule has 0 saturated carbocycles. The molecule has 90 valence electrons. The number of nitrogens with zero attached hydrogens (tertiary/aromatic N) is 3. The topological polar surface area (TPSA) is 63.0 Å². The molecule has 0 radical (unpaired) electrons. The van der Waals surface area contributed by atoms with Gasteiger partial charge in [-0.25, -0.2) is 9.89 Å². The van der Waals surface area contributed by atoms with Crippen LogP contribution in [0.15, 0.2) is 51.1 Å². The number of H-pyrrole nitrogens is 1. The van der Waals surface area contributed by atoms with Crippen LogP contribution in [0.1, 0.15) is 5.56 Å². The number of aromatic nitrogens is 4. The van der Waals surface area contributed by atoms with E-state index in [9.17, 15) is 4.79 Å². The fourth-order valence-electron chi connectivity index (χ4n) is 1.62. The molecule has 0 amide bonds. The first-order valence-corrected chi connectivity index (χ1v) is 6.23. The lowest BCUT2D eigenvalue weighted by Gasteiger charge is -2.03. The molecule has 1 N–H and O–H groups in total. The highest BCUT2D eigenvalue weighted by atomic mass is 32.2. The van der Waals surface area contributed by atoms with E-state index in [4.69, 9.17) is 0 Å². The Morgan fingerprint density at radius 1 is 1.22 bits per heavy atom. The molecule has 0 saturated heterocycles. The van der Waals surface area contributed by atoms with Crippen LogP contribution in [-0.2, 0) is 0 Å². The summed E-state index contributed by atoms with van der Waals surface area (Å²) in [6.07, 6.45) is 0. The standard InChI is InChI=1S/C12H10N4OS/c1-8-4-2-3-5-9(8)18-11-7-6-10-13-14-12(17)16(10)15-11/h2-7H,1H3,(H,14,17). The first-order valence-electron chi connectivity index (χ1n) is 5.42. The van der Waals surface area contributed by atoms with E-state index in [1.165, 1.54) is 21.8 Å². The third kappa shape index (κ3) is 1.91. The summed E-state index contributed by atoms with van der Waals surface area (Å²) in [7, 11) is 0. The molecule has 0 fully saturated rings. The van der Waals surface area contributed by atoms with Crippen LogP contribution in [0, 0.1) is 6.92 Å². The number of aryl methyl sites for hydroxylation is 1. The Hall–Kier alpha value is -2.08. The molecular weight excluding hydrogens is 248 g/mol. The lowest BCUT2D eigenvalue weighted by molar-refractivity contribution is 0.820. The minimum Gasteiger partial charge on any atom is -0.244 e. The maximum Gasteiger partial charge on any atom is 0.364 e. The van der Waals surface area contributed by atoms with Gasteiger partial charge in [0, 0.05) is 4.90 Å². The van der Waals surface area contributed by atoms with Crippen LogP contribution in [0.2, 0.25) is 0 Å². The summed E-state index contributed by atoms with van der Waals surface area (Å²) in [5.41, 5.74) is 1.38. The molecule has 0 aliphatic rings. The molecule has 18 heavy (non-hydrogen) atoms. The molecule has 1 aromatic carbocycles. The maximum absolute atomic E-state index is 11.4. The highest BCUT2D eigenvalue weighted by Crippen LogP contribution is 2.28. The van der Waals surface area contributed by atoms with Gasteiger partial charge >= 0.3 is 5.69 Å². The van der Waals surface area contributed by atoms with Crippen LogP contribution in [-0.4, -0.2) is 19.8 Å². The summed E-state index contributed by atoms with van der Waals surface area (Å²) in [5, 5.41) is 11.2. The number of benzene rings is 1. The minimum absolute atomic E-state index is 0.322. The van der Waals surface area contributed by atoms with Crippen LogP contribution < -0.4 is 5.69 Å². The van der Waals surface area contributed by atoms with Crippen molar-refractivity contribution < 1.29 is 0 Å². The molecule has 0 aliphatic carbocycles. The van der Waals surface area contributed by atoms with Crippen LogP contribution in [0.4, 0.5) is 0 Å². The monoisotopic (exact) mass is 258 g/mol. The minimum atomic E-state index is -0.322. The normalized spacial score (nSPS) is 10.9. The third-order valence-electron chi connectivity index (χ3n) is 2.56. The van der Waals surface area contributed by atoms with Crippen LogP contribution >= 0.6 is 11.8 Å². The summed E-state index contributed by atoms with van der Waals surface area (Å²) < 4.78 is 1.26. The van der Waals surface area contributed by atoms with E-state index in [0.717, 1.165) is 9.92 Å². The van der Waals surface area contributed by atoms with Gasteiger partial charge in [-0.05, 0) is 30.7 Å². The zero-order valence-electron chi connectivity index (χ0n) is 9.62. The molecule has 5 nitrogen and oxygen atoms in total. The van der Waals surface area contributed by atoms with Gasteiger partial charge in [0.2, 0.25) is 0 Å². The molecule has 3 aromatic rings. The zero-order chi connectivity index (χ0) is 12.5. The van der Waals surface area contributed by atoms with Crippen molar-refractivity contribution in [3.05, 3.63) is 52.4 Å². The quantitative estimate of drug-likeness (QED) is 0.762. The van der Waals surface area contributed by atoms with E-state index in [2.05, 4.69) is 15.3 Å². The van der Waals surface area contributed by atoms with Gasteiger partial charge in [0.1, 0.15) is 5.03 Å². The molecule has 0 spiro atoms. The van der Waals surface area contributed by atoms with Crippen LogP contribution in [0.25, 0.3) is 5.65 Å². The highest BCUT2D eigenvalue weighted by Gasteiger charge is 2.05. The van der Waals surface area contributed by atoms with Crippen molar-refractivity contribution >= 4 is 17.4 Å². The predicted molar refractivity (Wildman–Crippen MR) is 68.9 cm³/mol. The summed E-state index contributed by atoms with van der Waals surface area (Å²) in [6.45, 7) is 2.05. The van der Waals surface area contributed by atoms with E-state index >= 15 is 0 Å². The van der Waals surface area contributed by atoms with Gasteiger partial charge in [-0.15, -0.1) is 0 Å². The molecule has 0 bridgehead atoms. The number of rotatable bonds is 2. The predicted octanol–water partition coefficient (Wildman–Crippen LogP) is 1.88. The average Bonchev–Trinajstić information content (AvgIpc) is 2.74. The van der Waals surface area contributed by atoms with Gasteiger partial charge in [0.15, 0.2) is 5.65 Å². The Morgan fingerprint density at radius 3 is 2.89 bits per heavy atom. The Bertz CT molecular complexity index is 762. The van der Waals surface area contributed by atoms with Crippen molar-refractivity contribution in [3.63, 3.8) is 0 Å². The van der Waals surface area contributed by atoms with Crippen molar-refractivity contribution in [2.24, 2.45) is 0 Å². The van der Waals surface area contributed by atoms with Crippen LogP contribution in [0.5, 0.6) is 0 Å². The van der Waals surface area contributed by atoms with Gasteiger partial charge in [0.25, 0.3) is 0 Å². The number of hydrogen-bond donors (Lipinski definition) is 1. The second-order valence-electron chi connectivity index (χ2n) is 3.84. The molecule has 0 aliphatic heterocycles. The summed E-state index contributed by atoms with van der Waals surface area (Å²) in [6, 6.07) is 11.7. The molecule has 0 atom stereocenters. The fraction of sp³-hybridized carbons (Fsp3) is 0.0833. The number of aromatic amines is 1. The summed E-state index contributed by atoms with van der Waals surface area (Å²) >= 11 is 1.53. The highest BCUT2D eigenvalue weighted by molar-refractivity contribution is 7.99. The number of hydrogen-bond acceptors (Lipinski definition) is 4. The maximum atomic E-state index is 11.4. The average molecular weight is 258 g/mol. The molecule has 3 rings (SSSR count). The lowest BCUT2D eigenvalue weighted by Crippen LogP contribution is -2.12. The summed E-state index contributed by atoms with van der Waals surface area (Å²) in [5.74, 6) is 0. The van der Waals surface area contributed by atoms with E-state index in [1.54, 1.807) is 6.07 Å². The number of fused-ring (bicyclic) bond motifs is 1. The van der Waals surface area contributed by atoms with Crippen molar-refractivity contribution in [3.8, 4) is 0 Å². The molecular formula is C12H10N4OS. The SMILES string of the molecule is Cc1ccccc1Sc1ccc2n[nH]c(=O)n2n1. The van der Waals surface area contributed by atoms with Crippen molar-refractivity contribution in [2.45, 2.75) is 16.8 Å². The molecule has 2 heterocycles. The van der Waals surface area contributed by atoms with E-state index in [0.29, 0.717) is 5.65 Å². The van der Waals surface area contributed by atoms with Gasteiger partial charge in [-0.1, -0.05) is 30.0 Å². The van der Waals surface area contributed by atoms with Crippen molar-refractivity contribution in [1.29, 1.82) is 0 Å². The summed E-state index contributed by atoms with van der Waals surface area (Å²) in [4.78, 5) is 12.5. The van der Waals surface area contributed by atoms with Gasteiger partial charge in [-0.3, -0.25) is 0 Å². The van der Waals surface area contributed by atoms with E-state index < -0.39 is 0 Å². The Balaban J connectivity index is 2.03. The zero-order valence-corrected chi connectivity index (χ0v) is 10.4. The number of nitrogens with one attached hydrogen (secondary N) is 1. The first kappa shape index (κ1) is 11.0.